The van der Waals surface area contributed by atoms with Gasteiger partial charge in [-0.3, -0.25) is 0 Å². The zero-order chi connectivity index (χ0) is 9.64. The number of hydrogen-bond donors (Lipinski definition) is 0. The molecule has 0 unspecified atom stereocenters. The molecule has 0 aromatic heterocycles. The van der Waals surface area contributed by atoms with Crippen molar-refractivity contribution in [1.82, 2.24) is 0 Å². The van der Waals surface area contributed by atoms with Gasteiger partial charge in [-0.25, -0.2) is 8.42 Å². The molecule has 0 spiro atoms. The first-order chi connectivity index (χ1) is 6.01. The van der Waals surface area contributed by atoms with E-state index in [4.69, 9.17) is 0 Å². The normalized spacial score (nSPS) is 18.2. The summed E-state index contributed by atoms with van der Waals surface area (Å²) in [7, 11) is -3.15. The van der Waals surface area contributed by atoms with Crippen molar-refractivity contribution in [2.45, 2.75) is 18.7 Å². The van der Waals surface area contributed by atoms with Crippen molar-refractivity contribution < 1.29 is 8.42 Å². The van der Waals surface area contributed by atoms with Crippen LogP contribution in [0, 0.1) is 6.92 Å². The fourth-order valence-electron chi connectivity index (χ4n) is 1.46. The molecule has 2 nitrogen and oxygen atoms in total. The lowest BCUT2D eigenvalue weighted by atomic mass is 10.1. The average Bonchev–Trinajstić information content (AvgIpc) is 2.27. The van der Waals surface area contributed by atoms with Gasteiger partial charge in [-0.15, -0.1) is 0 Å². The molecule has 13 heavy (non-hydrogen) atoms. The van der Waals surface area contributed by atoms with Crippen LogP contribution in [0.4, 0.5) is 0 Å². The minimum atomic E-state index is -3.15. The highest BCUT2D eigenvalue weighted by atomic mass is 32.2. The van der Waals surface area contributed by atoms with E-state index < -0.39 is 9.84 Å². The fourth-order valence-corrected chi connectivity index (χ4v) is 2.87. The quantitative estimate of drug-likeness (QED) is 0.634. The van der Waals surface area contributed by atoms with Crippen LogP contribution in [-0.2, 0) is 9.84 Å². The number of fused-ring (bicyclic) bond motifs is 1. The Morgan fingerprint density at radius 2 is 1.85 bits per heavy atom. The Morgan fingerprint density at radius 1 is 1.15 bits per heavy atom. The summed E-state index contributed by atoms with van der Waals surface area (Å²) in [4.78, 5) is 0.887. The van der Waals surface area contributed by atoms with Crippen LogP contribution in [0.2, 0.25) is 0 Å². The van der Waals surface area contributed by atoms with Crippen LogP contribution >= 0.6 is 0 Å². The minimum absolute atomic E-state index is 0.438. The maximum absolute atomic E-state index is 11.7. The predicted octanol–water partition coefficient (Wildman–Crippen LogP) is 2.14. The molecule has 1 aromatic carbocycles. The van der Waals surface area contributed by atoms with Crippen molar-refractivity contribution in [3.05, 3.63) is 34.2 Å². The molecule has 0 saturated heterocycles. The summed E-state index contributed by atoms with van der Waals surface area (Å²) in [5, 5.41) is 0. The Hall–Kier alpha value is -1.09. The van der Waals surface area contributed by atoms with Crippen molar-refractivity contribution in [2.75, 3.05) is 0 Å². The van der Waals surface area contributed by atoms with E-state index in [1.165, 1.54) is 0 Å². The molecule has 1 aliphatic heterocycles. The summed E-state index contributed by atoms with van der Waals surface area (Å²) in [5.41, 5.74) is 1.79. The molecule has 68 valence electrons. The number of aryl methyl sites for hydroxylation is 1. The second kappa shape index (κ2) is 2.45. The summed E-state index contributed by atoms with van der Waals surface area (Å²) >= 11 is 0. The topological polar surface area (TPSA) is 34.1 Å². The third-order valence-corrected chi connectivity index (χ3v) is 4.14. The van der Waals surface area contributed by atoms with Crippen LogP contribution in [0.3, 0.4) is 0 Å². The SMILES string of the molecule is CC1=Cc2ccc(C)cc2S1(=O)=O. The summed E-state index contributed by atoms with van der Waals surface area (Å²) in [6.45, 7) is 3.52. The zero-order valence-electron chi connectivity index (χ0n) is 7.53. The van der Waals surface area contributed by atoms with Gasteiger partial charge < -0.3 is 0 Å². The van der Waals surface area contributed by atoms with Crippen LogP contribution in [0.25, 0.3) is 6.08 Å². The first-order valence-corrected chi connectivity index (χ1v) is 5.54. The molecule has 1 aromatic rings. The molecule has 0 atom stereocenters. The highest BCUT2D eigenvalue weighted by Crippen LogP contribution is 2.32. The molecular weight excluding hydrogens is 184 g/mol. The van der Waals surface area contributed by atoms with Crippen LogP contribution in [-0.4, -0.2) is 8.42 Å². The Morgan fingerprint density at radius 3 is 2.54 bits per heavy atom. The van der Waals surface area contributed by atoms with Crippen molar-refractivity contribution in [1.29, 1.82) is 0 Å². The van der Waals surface area contributed by atoms with Gasteiger partial charge >= 0.3 is 0 Å². The Bertz CT molecular complexity index is 496. The number of rotatable bonds is 0. The van der Waals surface area contributed by atoms with Crippen molar-refractivity contribution in [2.24, 2.45) is 0 Å². The van der Waals surface area contributed by atoms with Gasteiger partial charge in [-0.2, -0.15) is 0 Å². The van der Waals surface area contributed by atoms with Crippen molar-refractivity contribution >= 4 is 15.9 Å². The van der Waals surface area contributed by atoms with E-state index >= 15 is 0 Å². The molecule has 0 amide bonds. The molecule has 0 N–H and O–H groups in total. The first kappa shape index (κ1) is 8.51. The molecule has 0 fully saturated rings. The second-order valence-electron chi connectivity index (χ2n) is 3.30. The van der Waals surface area contributed by atoms with Gasteiger partial charge in [0.1, 0.15) is 0 Å². The first-order valence-electron chi connectivity index (χ1n) is 4.06. The second-order valence-corrected chi connectivity index (χ2v) is 5.39. The average molecular weight is 194 g/mol. The highest BCUT2D eigenvalue weighted by Gasteiger charge is 2.25. The van der Waals surface area contributed by atoms with Crippen LogP contribution < -0.4 is 0 Å². The smallest absolute Gasteiger partial charge is 0.203 e. The Balaban J connectivity index is 2.80. The van der Waals surface area contributed by atoms with Gasteiger partial charge in [0.2, 0.25) is 9.84 Å². The monoisotopic (exact) mass is 194 g/mol. The van der Waals surface area contributed by atoms with Crippen LogP contribution in [0.1, 0.15) is 18.1 Å². The number of benzene rings is 1. The third-order valence-electron chi connectivity index (χ3n) is 2.24. The predicted molar refractivity (Wildman–Crippen MR) is 52.0 cm³/mol. The summed E-state index contributed by atoms with van der Waals surface area (Å²) in [6, 6.07) is 5.49. The molecule has 0 bridgehead atoms. The third kappa shape index (κ3) is 1.11. The van der Waals surface area contributed by atoms with E-state index in [1.54, 1.807) is 19.1 Å². The molecular formula is C10H10O2S. The lowest BCUT2D eigenvalue weighted by Crippen LogP contribution is -1.97. The molecule has 2 rings (SSSR count). The van der Waals surface area contributed by atoms with E-state index in [-0.39, 0.29) is 0 Å². The van der Waals surface area contributed by atoms with E-state index in [9.17, 15) is 8.42 Å². The van der Waals surface area contributed by atoms with Gasteiger partial charge in [0.15, 0.2) is 0 Å². The molecule has 1 aliphatic rings. The van der Waals surface area contributed by atoms with Gasteiger partial charge in [0.05, 0.1) is 4.90 Å². The van der Waals surface area contributed by atoms with E-state index in [2.05, 4.69) is 0 Å². The molecule has 0 saturated carbocycles. The van der Waals surface area contributed by atoms with Crippen LogP contribution in [0.15, 0.2) is 28.0 Å². The number of sulfone groups is 1. The lowest BCUT2D eigenvalue weighted by molar-refractivity contribution is 0.603. The van der Waals surface area contributed by atoms with Crippen molar-refractivity contribution in [3.63, 3.8) is 0 Å². The van der Waals surface area contributed by atoms with E-state index in [0.29, 0.717) is 9.80 Å². The maximum Gasteiger partial charge on any atom is 0.203 e. The number of allylic oxidation sites excluding steroid dienone is 1. The maximum atomic E-state index is 11.7. The summed E-state index contributed by atoms with van der Waals surface area (Å²) < 4.78 is 23.3. The minimum Gasteiger partial charge on any atom is -0.219 e. The highest BCUT2D eigenvalue weighted by molar-refractivity contribution is 7.95. The summed E-state index contributed by atoms with van der Waals surface area (Å²) in [6.07, 6.45) is 1.71. The number of hydrogen-bond acceptors (Lipinski definition) is 2. The van der Waals surface area contributed by atoms with E-state index in [1.807, 2.05) is 19.1 Å². The standard InChI is InChI=1S/C10H10O2S/c1-7-3-4-9-6-8(2)13(11,12)10(9)5-7/h3-6H,1-2H3. The molecule has 0 aliphatic carbocycles. The zero-order valence-corrected chi connectivity index (χ0v) is 8.35. The lowest BCUT2D eigenvalue weighted by Gasteiger charge is -2.00. The Kier molecular flexibility index (Phi) is 1.60. The fraction of sp³-hybridized carbons (Fsp3) is 0.200. The summed E-state index contributed by atoms with van der Waals surface area (Å²) in [5.74, 6) is 0. The molecule has 0 radical (unpaired) electrons. The van der Waals surface area contributed by atoms with Crippen molar-refractivity contribution in [3.8, 4) is 0 Å². The Labute approximate surface area is 77.8 Å². The molecule has 3 heteroatoms. The molecule has 1 heterocycles. The van der Waals surface area contributed by atoms with Gasteiger partial charge in [0.25, 0.3) is 0 Å². The largest absolute Gasteiger partial charge is 0.219 e. The van der Waals surface area contributed by atoms with E-state index in [0.717, 1.165) is 11.1 Å². The van der Waals surface area contributed by atoms with Gasteiger partial charge in [-0.1, -0.05) is 12.1 Å². The van der Waals surface area contributed by atoms with Crippen LogP contribution in [0.5, 0.6) is 0 Å². The van der Waals surface area contributed by atoms with Gasteiger partial charge in [0, 0.05) is 4.91 Å². The van der Waals surface area contributed by atoms with Gasteiger partial charge in [-0.05, 0) is 37.1 Å².